The summed E-state index contributed by atoms with van der Waals surface area (Å²) in [6.45, 7) is 4.64. The first-order valence-corrected chi connectivity index (χ1v) is 6.63. The van der Waals surface area contributed by atoms with Gasteiger partial charge in [-0.25, -0.2) is 0 Å². The summed E-state index contributed by atoms with van der Waals surface area (Å²) >= 11 is 5.50. The fourth-order valence-corrected chi connectivity index (χ4v) is 2.13. The maximum Gasteiger partial charge on any atom is 0.0674 e. The van der Waals surface area contributed by atoms with Crippen LogP contribution < -0.4 is 9.94 Å². The zero-order valence-corrected chi connectivity index (χ0v) is 11.7. The molecule has 1 aliphatic rings. The van der Waals surface area contributed by atoms with Gasteiger partial charge in [-0.3, -0.25) is 14.7 Å². The van der Waals surface area contributed by atoms with E-state index in [-0.39, 0.29) is 5.90 Å². The zero-order chi connectivity index (χ0) is 13.7. The van der Waals surface area contributed by atoms with Gasteiger partial charge in [0.25, 0.3) is 0 Å². The number of ether oxygens (including phenoxy) is 1. The number of aliphatic imine (C=N–C) groups is 1. The number of halogens is 1. The van der Waals surface area contributed by atoms with Crippen molar-refractivity contribution >= 4 is 23.4 Å². The van der Waals surface area contributed by atoms with E-state index in [9.17, 15) is 5.11 Å². The lowest BCUT2D eigenvalue weighted by Crippen LogP contribution is -2.38. The summed E-state index contributed by atoms with van der Waals surface area (Å²) in [5, 5.41) is 11.9. The van der Waals surface area contributed by atoms with Crippen molar-refractivity contribution in [2.45, 2.75) is 0 Å². The van der Waals surface area contributed by atoms with Gasteiger partial charge in [0.05, 0.1) is 31.1 Å². The Morgan fingerprint density at radius 1 is 1.53 bits per heavy atom. The fraction of sp³-hybridized carbons (Fsp3) is 0.583. The molecule has 0 bridgehead atoms. The van der Waals surface area contributed by atoms with Gasteiger partial charge in [0.2, 0.25) is 0 Å². The maximum absolute atomic E-state index is 11.9. The minimum atomic E-state index is -0.214. The second-order valence-electron chi connectivity index (χ2n) is 4.46. The summed E-state index contributed by atoms with van der Waals surface area (Å²) in [7, 11) is 1.79. The van der Waals surface area contributed by atoms with Crippen LogP contribution in [0.4, 0.5) is 5.69 Å². The van der Waals surface area contributed by atoms with Gasteiger partial charge in [0.15, 0.2) is 0 Å². The predicted octanol–water partition coefficient (Wildman–Crippen LogP) is 0.0299. The summed E-state index contributed by atoms with van der Waals surface area (Å²) in [4.78, 5) is 8.82. The Morgan fingerprint density at radius 3 is 2.89 bits per heavy atom. The first-order valence-electron chi connectivity index (χ1n) is 6.25. The van der Waals surface area contributed by atoms with Gasteiger partial charge < -0.3 is 14.4 Å². The second-order valence-corrected chi connectivity index (χ2v) is 4.65. The lowest BCUT2D eigenvalue weighted by molar-refractivity contribution is -0.213. The summed E-state index contributed by atoms with van der Waals surface area (Å²) in [6.07, 6.45) is 1.75. The van der Waals surface area contributed by atoms with Crippen molar-refractivity contribution in [2.75, 3.05) is 44.2 Å². The number of aryl methyl sites for hydroxylation is 1. The fourth-order valence-electron chi connectivity index (χ4n) is 2.03. The van der Waals surface area contributed by atoms with Crippen LogP contribution >= 0.6 is 11.8 Å². The molecule has 1 aromatic rings. The highest BCUT2D eigenvalue weighted by atomic mass is 35.5. The third-order valence-electron chi connectivity index (χ3n) is 3.11. The predicted molar refractivity (Wildman–Crippen MR) is 73.6 cm³/mol. The molecule has 1 saturated heterocycles. The van der Waals surface area contributed by atoms with E-state index in [2.05, 4.69) is 14.7 Å². The highest BCUT2D eigenvalue weighted by Gasteiger charge is 2.09. The van der Waals surface area contributed by atoms with Crippen LogP contribution in [0.25, 0.3) is 0 Å². The minimum Gasteiger partial charge on any atom is -0.857 e. The number of nitrogens with zero attached hydrogens (tertiary/aromatic N) is 3. The van der Waals surface area contributed by atoms with Crippen LogP contribution in [0.1, 0.15) is 5.69 Å². The number of rotatable bonds is 5. The van der Waals surface area contributed by atoms with Crippen LogP contribution in [0.5, 0.6) is 0 Å². The van der Waals surface area contributed by atoms with Gasteiger partial charge in [-0.2, -0.15) is 0 Å². The van der Waals surface area contributed by atoms with Gasteiger partial charge >= 0.3 is 0 Å². The van der Waals surface area contributed by atoms with Crippen molar-refractivity contribution in [2.24, 2.45) is 12.0 Å². The average molecular weight is 286 g/mol. The van der Waals surface area contributed by atoms with Crippen molar-refractivity contribution < 1.29 is 9.84 Å². The van der Waals surface area contributed by atoms with E-state index in [1.54, 1.807) is 23.9 Å². The minimum absolute atomic E-state index is 0.214. The van der Waals surface area contributed by atoms with Crippen molar-refractivity contribution in [3.8, 4) is 0 Å². The smallest absolute Gasteiger partial charge is 0.0674 e. The molecule has 2 rings (SSSR count). The van der Waals surface area contributed by atoms with E-state index in [0.29, 0.717) is 17.9 Å². The van der Waals surface area contributed by atoms with Crippen molar-refractivity contribution in [3.63, 3.8) is 0 Å². The maximum atomic E-state index is 11.9. The number of nitrogens with one attached hydrogen (secondary N) is 1. The Labute approximate surface area is 117 Å². The molecule has 0 unspecified atom stereocenters. The molecule has 2 heterocycles. The largest absolute Gasteiger partial charge is 0.857 e. The normalized spacial score (nSPS) is 17.7. The number of hydrogen-bond donors (Lipinski definition) is 1. The molecule has 19 heavy (non-hydrogen) atoms. The molecule has 0 spiro atoms. The third-order valence-corrected chi connectivity index (χ3v) is 3.33. The average Bonchev–Trinajstić information content (AvgIpc) is 2.81. The van der Waals surface area contributed by atoms with Gasteiger partial charge in [-0.15, -0.1) is 0 Å². The van der Waals surface area contributed by atoms with Gasteiger partial charge in [-0.05, 0) is 6.07 Å². The number of anilines is 1. The SMILES string of the molecule is Cn1cc(NCl)cc1C([O-])=NCCN1CCOCC1. The molecule has 0 radical (unpaired) electrons. The van der Waals surface area contributed by atoms with Crippen LogP contribution in [-0.2, 0) is 11.8 Å². The van der Waals surface area contributed by atoms with E-state index < -0.39 is 0 Å². The molecule has 1 aromatic heterocycles. The number of morpholine rings is 1. The molecule has 0 aromatic carbocycles. The van der Waals surface area contributed by atoms with E-state index in [1.807, 2.05) is 0 Å². The van der Waals surface area contributed by atoms with Crippen LogP contribution in [-0.4, -0.2) is 54.8 Å². The van der Waals surface area contributed by atoms with Crippen LogP contribution in [0.2, 0.25) is 0 Å². The van der Waals surface area contributed by atoms with E-state index in [0.717, 1.165) is 32.8 Å². The lowest BCUT2D eigenvalue weighted by atomic mass is 10.4. The van der Waals surface area contributed by atoms with Gasteiger partial charge in [0.1, 0.15) is 0 Å². The second kappa shape index (κ2) is 6.79. The molecule has 1 fully saturated rings. The topological polar surface area (TPSA) is 64.8 Å². The Balaban J connectivity index is 1.88. The first-order chi connectivity index (χ1) is 9.20. The van der Waals surface area contributed by atoms with Crippen LogP contribution in [0.3, 0.4) is 0 Å². The van der Waals surface area contributed by atoms with E-state index in [1.165, 1.54) is 0 Å². The lowest BCUT2D eigenvalue weighted by Gasteiger charge is -2.26. The van der Waals surface area contributed by atoms with Crippen molar-refractivity contribution in [3.05, 3.63) is 18.0 Å². The summed E-state index contributed by atoms with van der Waals surface area (Å²) in [5.41, 5.74) is 1.22. The summed E-state index contributed by atoms with van der Waals surface area (Å²) < 4.78 is 6.98. The molecule has 1 aliphatic heterocycles. The summed E-state index contributed by atoms with van der Waals surface area (Å²) in [5.74, 6) is -0.214. The molecule has 0 amide bonds. The first kappa shape index (κ1) is 14.2. The Kier molecular flexibility index (Phi) is 5.07. The molecule has 6 nitrogen and oxygen atoms in total. The molecule has 0 saturated carbocycles. The molecule has 0 atom stereocenters. The Bertz CT molecular complexity index is 441. The molecular weight excluding hydrogens is 268 g/mol. The van der Waals surface area contributed by atoms with Gasteiger partial charge in [-0.1, -0.05) is 0 Å². The third kappa shape index (κ3) is 3.86. The Morgan fingerprint density at radius 2 is 2.26 bits per heavy atom. The standard InChI is InChI=1S/C12H19ClN4O2/c1-16-9-10(15-13)8-11(16)12(18)14-2-3-17-4-6-19-7-5-17/h8-9,15H,2-7H2,1H3,(H,14,18)/p-1. The number of hydrogen-bond acceptors (Lipinski definition) is 5. The van der Waals surface area contributed by atoms with Crippen molar-refractivity contribution in [1.82, 2.24) is 9.47 Å². The Hall–Kier alpha value is -1.24. The molecule has 106 valence electrons. The zero-order valence-electron chi connectivity index (χ0n) is 10.9. The van der Waals surface area contributed by atoms with E-state index in [4.69, 9.17) is 16.5 Å². The molecule has 7 heteroatoms. The molecule has 1 N–H and O–H groups in total. The number of aromatic nitrogens is 1. The quantitative estimate of drug-likeness (QED) is 0.471. The summed E-state index contributed by atoms with van der Waals surface area (Å²) in [6, 6.07) is 1.69. The monoisotopic (exact) mass is 285 g/mol. The van der Waals surface area contributed by atoms with Crippen molar-refractivity contribution in [1.29, 1.82) is 0 Å². The molecule has 0 aliphatic carbocycles. The highest BCUT2D eigenvalue weighted by Crippen LogP contribution is 2.13. The van der Waals surface area contributed by atoms with Gasteiger partial charge in [0, 0.05) is 50.6 Å². The van der Waals surface area contributed by atoms with Crippen LogP contribution in [0, 0.1) is 0 Å². The van der Waals surface area contributed by atoms with Crippen LogP contribution in [0.15, 0.2) is 17.3 Å². The highest BCUT2D eigenvalue weighted by molar-refractivity contribution is 6.24. The molecular formula is C12H18ClN4O2-. The van der Waals surface area contributed by atoms with E-state index >= 15 is 0 Å².